The number of nitrogens with zero attached hydrogens (tertiary/aromatic N) is 2. The van der Waals surface area contributed by atoms with Gasteiger partial charge in [0.05, 0.1) is 31.3 Å². The molecule has 3 fully saturated rings. The van der Waals surface area contributed by atoms with Crippen molar-refractivity contribution in [2.45, 2.75) is 74.7 Å². The average Bonchev–Trinajstić information content (AvgIpc) is 3.77. The smallest absolute Gasteiger partial charge is 0.450 e. The van der Waals surface area contributed by atoms with E-state index in [0.29, 0.717) is 37.3 Å². The second-order valence-corrected chi connectivity index (χ2v) is 11.3. The number of rotatable bonds is 6. The molecule has 1 unspecified atom stereocenters. The fraction of sp³-hybridized carbons (Fsp3) is 0.484. The van der Waals surface area contributed by atoms with E-state index in [2.05, 4.69) is 4.98 Å². The zero-order valence-corrected chi connectivity index (χ0v) is 22.7. The molecule has 0 N–H and O–H groups in total. The van der Waals surface area contributed by atoms with Crippen molar-refractivity contribution < 1.29 is 36.6 Å². The van der Waals surface area contributed by atoms with Gasteiger partial charge in [0.15, 0.2) is 0 Å². The fourth-order valence-corrected chi connectivity index (χ4v) is 7.11. The lowest BCUT2D eigenvalue weighted by Gasteiger charge is -2.33. The van der Waals surface area contributed by atoms with Crippen molar-refractivity contribution in [3.8, 4) is 11.4 Å². The van der Waals surface area contributed by atoms with E-state index in [1.165, 1.54) is 25.4 Å². The minimum atomic E-state index is -4.61. The van der Waals surface area contributed by atoms with Gasteiger partial charge in [0.1, 0.15) is 11.6 Å². The Balaban J connectivity index is 1.38. The fourth-order valence-electron chi connectivity index (χ4n) is 7.11. The molecule has 2 aromatic carbocycles. The normalized spacial score (nSPS) is 26.6. The van der Waals surface area contributed by atoms with Crippen molar-refractivity contribution in [1.29, 1.82) is 0 Å². The zero-order chi connectivity index (χ0) is 28.8. The molecule has 3 aromatic rings. The Labute approximate surface area is 235 Å². The molecule has 1 saturated heterocycles. The van der Waals surface area contributed by atoms with Gasteiger partial charge in [0.2, 0.25) is 5.82 Å². The third-order valence-electron chi connectivity index (χ3n) is 8.95. The lowest BCUT2D eigenvalue weighted by molar-refractivity contribution is -0.147. The van der Waals surface area contributed by atoms with Gasteiger partial charge in [0.25, 0.3) is 0 Å². The molecule has 1 spiro atoms. The van der Waals surface area contributed by atoms with E-state index in [-0.39, 0.29) is 29.7 Å². The standard InChI is InChI=1S/C31H32F4N2O4/c1-39-28(38)24-12-13-30(27(24)19-6-8-21(32)9-7-19)17-20(18-40-30)25-16-22(37-15-14-36-29(37)31(33,34)35)10-11-26(25)41-23-4-2-3-5-23/h6-11,14-16,20,23-24,27H,2-5,12-13,17-18H2,1H3/t20?,24-,27+,30+/m0/s1. The van der Waals surface area contributed by atoms with Crippen molar-refractivity contribution in [3.05, 3.63) is 77.6 Å². The van der Waals surface area contributed by atoms with E-state index in [1.54, 1.807) is 30.3 Å². The summed E-state index contributed by atoms with van der Waals surface area (Å²) in [5, 5.41) is 0. The maximum atomic E-state index is 13.8. The van der Waals surface area contributed by atoms with Crippen molar-refractivity contribution in [1.82, 2.24) is 9.55 Å². The Morgan fingerprint density at radius 3 is 2.56 bits per heavy atom. The summed E-state index contributed by atoms with van der Waals surface area (Å²) in [6, 6.07) is 11.2. The Kier molecular flexibility index (Phi) is 7.30. The number of halogens is 4. The largest absolute Gasteiger partial charge is 0.490 e. The molecular formula is C31H32F4N2O4. The molecular weight excluding hydrogens is 540 g/mol. The topological polar surface area (TPSA) is 62.6 Å². The van der Waals surface area contributed by atoms with Crippen molar-refractivity contribution >= 4 is 5.97 Å². The van der Waals surface area contributed by atoms with E-state index >= 15 is 0 Å². The lowest BCUT2D eigenvalue weighted by Crippen LogP contribution is -2.35. The molecule has 6 rings (SSSR count). The summed E-state index contributed by atoms with van der Waals surface area (Å²) in [6.45, 7) is 0.312. The molecule has 0 bridgehead atoms. The Bertz CT molecular complexity index is 1400. The van der Waals surface area contributed by atoms with Crippen LogP contribution in [0.1, 0.15) is 73.7 Å². The highest BCUT2D eigenvalue weighted by molar-refractivity contribution is 5.74. The first kappa shape index (κ1) is 27.8. The first-order valence-corrected chi connectivity index (χ1v) is 14.1. The minimum absolute atomic E-state index is 0.0528. The van der Waals surface area contributed by atoms with E-state index < -0.39 is 23.5 Å². The van der Waals surface area contributed by atoms with Crippen LogP contribution in [-0.4, -0.2) is 40.9 Å². The average molecular weight is 573 g/mol. The molecule has 2 aliphatic carbocycles. The summed E-state index contributed by atoms with van der Waals surface area (Å²) < 4.78 is 74.0. The van der Waals surface area contributed by atoms with Crippen LogP contribution in [-0.2, 0) is 20.4 Å². The van der Waals surface area contributed by atoms with Gasteiger partial charge in [-0.3, -0.25) is 9.36 Å². The molecule has 0 radical (unpaired) electrons. The van der Waals surface area contributed by atoms with Crippen molar-refractivity contribution in [2.24, 2.45) is 5.92 Å². The van der Waals surface area contributed by atoms with Gasteiger partial charge in [0, 0.05) is 35.5 Å². The maximum absolute atomic E-state index is 13.8. The number of ether oxygens (including phenoxy) is 3. The number of methoxy groups -OCH3 is 1. The van der Waals surface area contributed by atoms with Crippen LogP contribution in [0.25, 0.3) is 5.69 Å². The quantitative estimate of drug-likeness (QED) is 0.236. The highest BCUT2D eigenvalue weighted by Gasteiger charge is 2.56. The van der Waals surface area contributed by atoms with Crippen LogP contribution < -0.4 is 4.74 Å². The van der Waals surface area contributed by atoms with Gasteiger partial charge in [-0.2, -0.15) is 13.2 Å². The second kappa shape index (κ2) is 10.8. The Hall–Kier alpha value is -3.40. The van der Waals surface area contributed by atoms with Crippen LogP contribution >= 0.6 is 0 Å². The summed E-state index contributed by atoms with van der Waals surface area (Å²) in [5.74, 6) is -2.07. The number of imidazole rings is 1. The highest BCUT2D eigenvalue weighted by atomic mass is 19.4. The molecule has 1 aromatic heterocycles. The van der Waals surface area contributed by atoms with Gasteiger partial charge in [-0.25, -0.2) is 9.37 Å². The number of carbonyl (C=O) groups is 1. The van der Waals surface area contributed by atoms with Crippen molar-refractivity contribution in [3.63, 3.8) is 0 Å². The first-order valence-electron chi connectivity index (χ1n) is 14.1. The number of carbonyl (C=O) groups excluding carboxylic acids is 1. The van der Waals surface area contributed by atoms with E-state index in [0.717, 1.165) is 47.6 Å². The van der Waals surface area contributed by atoms with E-state index in [4.69, 9.17) is 14.2 Å². The molecule has 2 heterocycles. The van der Waals surface area contributed by atoms with Gasteiger partial charge in [-0.05, 0) is 80.8 Å². The predicted octanol–water partition coefficient (Wildman–Crippen LogP) is 6.96. The number of aromatic nitrogens is 2. The van der Waals surface area contributed by atoms with E-state index in [1.807, 2.05) is 0 Å². The van der Waals surface area contributed by atoms with E-state index in [9.17, 15) is 22.4 Å². The second-order valence-electron chi connectivity index (χ2n) is 11.3. The van der Waals surface area contributed by atoms with Crippen LogP contribution in [0.3, 0.4) is 0 Å². The molecule has 41 heavy (non-hydrogen) atoms. The molecule has 218 valence electrons. The molecule has 1 aliphatic heterocycles. The van der Waals surface area contributed by atoms with Gasteiger partial charge in [-0.15, -0.1) is 0 Å². The van der Waals surface area contributed by atoms with Gasteiger partial charge >= 0.3 is 12.1 Å². The summed E-state index contributed by atoms with van der Waals surface area (Å²) in [6.07, 6.45) is 3.57. The predicted molar refractivity (Wildman–Crippen MR) is 141 cm³/mol. The number of hydrogen-bond acceptors (Lipinski definition) is 5. The third kappa shape index (κ3) is 5.22. The molecule has 6 nitrogen and oxygen atoms in total. The van der Waals surface area contributed by atoms with Gasteiger partial charge in [-0.1, -0.05) is 12.1 Å². The Morgan fingerprint density at radius 1 is 1.10 bits per heavy atom. The number of alkyl halides is 3. The number of hydrogen-bond donors (Lipinski definition) is 0. The summed E-state index contributed by atoms with van der Waals surface area (Å²) >= 11 is 0. The number of benzene rings is 2. The summed E-state index contributed by atoms with van der Waals surface area (Å²) in [4.78, 5) is 16.4. The van der Waals surface area contributed by atoms with Crippen LogP contribution in [0.5, 0.6) is 5.75 Å². The zero-order valence-electron chi connectivity index (χ0n) is 22.7. The van der Waals surface area contributed by atoms with Crippen molar-refractivity contribution in [2.75, 3.05) is 13.7 Å². The van der Waals surface area contributed by atoms with Gasteiger partial charge < -0.3 is 14.2 Å². The number of esters is 1. The minimum Gasteiger partial charge on any atom is -0.490 e. The molecule has 0 amide bonds. The highest BCUT2D eigenvalue weighted by Crippen LogP contribution is 2.57. The molecule has 10 heteroatoms. The maximum Gasteiger partial charge on any atom is 0.450 e. The molecule has 3 aliphatic rings. The summed E-state index contributed by atoms with van der Waals surface area (Å²) in [5.41, 5.74) is 1.18. The first-order chi connectivity index (χ1) is 19.7. The SMILES string of the molecule is COC(=O)[C@H]1CC[C@@]2(CC(c3cc(-n4ccnc4C(F)(F)F)ccc3OC3CCCC3)CO2)[C@@H]1c1ccc(F)cc1. The summed E-state index contributed by atoms with van der Waals surface area (Å²) in [7, 11) is 1.36. The van der Waals surface area contributed by atoms with Crippen LogP contribution in [0, 0.1) is 11.7 Å². The molecule has 2 saturated carbocycles. The Morgan fingerprint density at radius 2 is 1.85 bits per heavy atom. The van der Waals surface area contributed by atoms with Crippen LogP contribution in [0.15, 0.2) is 54.9 Å². The van der Waals surface area contributed by atoms with Crippen LogP contribution in [0.2, 0.25) is 0 Å². The third-order valence-corrected chi connectivity index (χ3v) is 8.95. The molecule has 4 atom stereocenters. The lowest BCUT2D eigenvalue weighted by atomic mass is 9.76. The monoisotopic (exact) mass is 572 g/mol. The van der Waals surface area contributed by atoms with Crippen LogP contribution in [0.4, 0.5) is 17.6 Å².